The molecule has 0 unspecified atom stereocenters. The van der Waals surface area contributed by atoms with E-state index in [1.807, 2.05) is 12.1 Å². The number of phenols is 1. The van der Waals surface area contributed by atoms with Crippen molar-refractivity contribution in [1.82, 2.24) is 0 Å². The zero-order valence-electron chi connectivity index (χ0n) is 14.1. The van der Waals surface area contributed by atoms with Gasteiger partial charge in [0, 0.05) is 6.61 Å². The largest absolute Gasteiger partial charge is 0.508 e. The van der Waals surface area contributed by atoms with Gasteiger partial charge in [0.25, 0.3) is 0 Å². The van der Waals surface area contributed by atoms with Gasteiger partial charge in [-0.2, -0.15) is 0 Å². The molecule has 0 saturated carbocycles. The number of phenolic OH excluding ortho intramolecular Hbond substituents is 1. The van der Waals surface area contributed by atoms with Gasteiger partial charge in [0.1, 0.15) is 11.9 Å². The number of aliphatic hydroxyl groups is 3. The fraction of sp³-hybridized carbons (Fsp3) is 0.368. The standard InChI is InChI=1S/C19H24O6/c1-24-17-11-13(3-2-10-20)4-9-16(17)25-18(12-21)19(23)14-5-7-15(22)8-6-14/h4-9,11,18-23H,2-3,10,12H2,1H3/t18-,19+/m0/s1. The minimum Gasteiger partial charge on any atom is -0.508 e. The summed E-state index contributed by atoms with van der Waals surface area (Å²) in [4.78, 5) is 0. The highest BCUT2D eigenvalue weighted by molar-refractivity contribution is 5.43. The maximum absolute atomic E-state index is 10.4. The molecule has 25 heavy (non-hydrogen) atoms. The smallest absolute Gasteiger partial charge is 0.161 e. The molecule has 0 aliphatic rings. The zero-order chi connectivity index (χ0) is 18.2. The Labute approximate surface area is 146 Å². The zero-order valence-corrected chi connectivity index (χ0v) is 14.1. The summed E-state index contributed by atoms with van der Waals surface area (Å²) in [6.07, 6.45) is -0.583. The van der Waals surface area contributed by atoms with Crippen LogP contribution in [0.25, 0.3) is 0 Å². The average molecular weight is 348 g/mol. The maximum Gasteiger partial charge on any atom is 0.161 e. The van der Waals surface area contributed by atoms with Crippen molar-refractivity contribution in [2.45, 2.75) is 25.0 Å². The maximum atomic E-state index is 10.4. The lowest BCUT2D eigenvalue weighted by molar-refractivity contribution is -0.000433. The minimum atomic E-state index is -1.07. The van der Waals surface area contributed by atoms with Gasteiger partial charge in [0.2, 0.25) is 0 Å². The summed E-state index contributed by atoms with van der Waals surface area (Å²) in [5, 5.41) is 38.3. The molecule has 0 bridgehead atoms. The second kappa shape index (κ2) is 9.27. The molecule has 4 N–H and O–H groups in total. The molecule has 2 aromatic rings. The van der Waals surface area contributed by atoms with E-state index in [0.717, 1.165) is 5.56 Å². The first-order valence-electron chi connectivity index (χ1n) is 8.11. The van der Waals surface area contributed by atoms with Gasteiger partial charge in [-0.25, -0.2) is 0 Å². The van der Waals surface area contributed by atoms with Crippen LogP contribution in [-0.2, 0) is 6.42 Å². The van der Waals surface area contributed by atoms with Gasteiger partial charge in [-0.15, -0.1) is 0 Å². The predicted octanol–water partition coefficient (Wildman–Crippen LogP) is 1.80. The number of ether oxygens (including phenoxy) is 2. The van der Waals surface area contributed by atoms with E-state index in [9.17, 15) is 15.3 Å². The van der Waals surface area contributed by atoms with Crippen LogP contribution in [0.4, 0.5) is 0 Å². The molecule has 2 aromatic carbocycles. The molecule has 0 radical (unpaired) electrons. The molecule has 136 valence electrons. The number of aromatic hydroxyl groups is 1. The van der Waals surface area contributed by atoms with Gasteiger partial charge < -0.3 is 29.9 Å². The first-order valence-corrected chi connectivity index (χ1v) is 8.11. The normalized spacial score (nSPS) is 13.3. The number of rotatable bonds is 9. The lowest BCUT2D eigenvalue weighted by Crippen LogP contribution is -2.29. The topological polar surface area (TPSA) is 99.4 Å². The third kappa shape index (κ3) is 5.09. The van der Waals surface area contributed by atoms with E-state index in [4.69, 9.17) is 14.6 Å². The molecule has 6 nitrogen and oxygen atoms in total. The fourth-order valence-corrected chi connectivity index (χ4v) is 2.50. The number of aryl methyl sites for hydroxylation is 1. The van der Waals surface area contributed by atoms with Crippen LogP contribution in [0.1, 0.15) is 23.7 Å². The Bertz CT molecular complexity index is 655. The SMILES string of the molecule is COc1cc(CCCO)ccc1O[C@@H](CO)[C@H](O)c1ccc(O)cc1. The number of methoxy groups -OCH3 is 1. The summed E-state index contributed by atoms with van der Waals surface area (Å²) in [5.41, 5.74) is 1.52. The van der Waals surface area contributed by atoms with Crippen molar-refractivity contribution in [3.63, 3.8) is 0 Å². The summed E-state index contributed by atoms with van der Waals surface area (Å²) < 4.78 is 11.1. The van der Waals surface area contributed by atoms with Crippen molar-refractivity contribution >= 4 is 0 Å². The Kier molecular flexibility index (Phi) is 7.06. The molecule has 0 aromatic heterocycles. The molecular weight excluding hydrogens is 324 g/mol. The molecule has 2 rings (SSSR count). The van der Waals surface area contributed by atoms with Crippen LogP contribution in [0.3, 0.4) is 0 Å². The third-order valence-electron chi connectivity index (χ3n) is 3.90. The van der Waals surface area contributed by atoms with Crippen molar-refractivity contribution in [1.29, 1.82) is 0 Å². The second-order valence-corrected chi connectivity index (χ2v) is 5.69. The van der Waals surface area contributed by atoms with Crippen molar-refractivity contribution in [2.75, 3.05) is 20.3 Å². The van der Waals surface area contributed by atoms with Crippen LogP contribution in [0.15, 0.2) is 42.5 Å². The number of hydrogen-bond acceptors (Lipinski definition) is 6. The first-order chi connectivity index (χ1) is 12.1. The van der Waals surface area contributed by atoms with Crippen LogP contribution < -0.4 is 9.47 Å². The van der Waals surface area contributed by atoms with Crippen LogP contribution >= 0.6 is 0 Å². The molecular formula is C19H24O6. The van der Waals surface area contributed by atoms with E-state index in [1.165, 1.54) is 19.2 Å². The van der Waals surface area contributed by atoms with Crippen LogP contribution in [0.5, 0.6) is 17.2 Å². The lowest BCUT2D eigenvalue weighted by atomic mass is 10.0. The summed E-state index contributed by atoms with van der Waals surface area (Å²) in [6.45, 7) is -0.274. The van der Waals surface area contributed by atoms with E-state index in [2.05, 4.69) is 0 Å². The molecule has 6 heteroatoms. The quantitative estimate of drug-likeness (QED) is 0.551. The summed E-state index contributed by atoms with van der Waals surface area (Å²) in [6, 6.07) is 11.5. The van der Waals surface area contributed by atoms with E-state index in [-0.39, 0.29) is 12.4 Å². The van der Waals surface area contributed by atoms with Gasteiger partial charge >= 0.3 is 0 Å². The Morgan fingerprint density at radius 2 is 1.72 bits per heavy atom. The number of hydrogen-bond donors (Lipinski definition) is 4. The molecule has 0 fully saturated rings. The molecule has 0 aliphatic carbocycles. The molecule has 0 aliphatic heterocycles. The molecule has 0 saturated heterocycles. The number of benzene rings is 2. The first kappa shape index (κ1) is 19.1. The van der Waals surface area contributed by atoms with E-state index in [0.29, 0.717) is 29.9 Å². The van der Waals surface area contributed by atoms with Gasteiger partial charge in [0.05, 0.1) is 13.7 Å². The average Bonchev–Trinajstić information content (AvgIpc) is 2.64. The van der Waals surface area contributed by atoms with Crippen molar-refractivity contribution in [3.05, 3.63) is 53.6 Å². The van der Waals surface area contributed by atoms with E-state index in [1.54, 1.807) is 18.2 Å². The van der Waals surface area contributed by atoms with Crippen molar-refractivity contribution < 1.29 is 29.9 Å². The highest BCUT2D eigenvalue weighted by Gasteiger charge is 2.23. The van der Waals surface area contributed by atoms with Crippen LogP contribution in [0.2, 0.25) is 0 Å². The van der Waals surface area contributed by atoms with Crippen molar-refractivity contribution in [2.24, 2.45) is 0 Å². The Balaban J connectivity index is 2.15. The Morgan fingerprint density at radius 1 is 1.00 bits per heavy atom. The molecule has 0 amide bonds. The molecule has 2 atom stereocenters. The Hall–Kier alpha value is -2.28. The van der Waals surface area contributed by atoms with Crippen molar-refractivity contribution in [3.8, 4) is 17.2 Å². The second-order valence-electron chi connectivity index (χ2n) is 5.69. The minimum absolute atomic E-state index is 0.0950. The Morgan fingerprint density at radius 3 is 2.32 bits per heavy atom. The number of aliphatic hydroxyl groups excluding tert-OH is 3. The summed E-state index contributed by atoms with van der Waals surface area (Å²) in [5.74, 6) is 0.997. The lowest BCUT2D eigenvalue weighted by Gasteiger charge is -2.24. The van der Waals surface area contributed by atoms with E-state index >= 15 is 0 Å². The highest BCUT2D eigenvalue weighted by Crippen LogP contribution is 2.32. The highest BCUT2D eigenvalue weighted by atomic mass is 16.5. The fourth-order valence-electron chi connectivity index (χ4n) is 2.50. The van der Waals surface area contributed by atoms with Crippen LogP contribution in [-0.4, -0.2) is 46.9 Å². The molecule has 0 spiro atoms. The van der Waals surface area contributed by atoms with E-state index < -0.39 is 18.8 Å². The van der Waals surface area contributed by atoms with Gasteiger partial charge in [-0.3, -0.25) is 0 Å². The van der Waals surface area contributed by atoms with Gasteiger partial charge in [-0.05, 0) is 48.2 Å². The predicted molar refractivity (Wildman–Crippen MR) is 93.0 cm³/mol. The summed E-state index contributed by atoms with van der Waals surface area (Å²) >= 11 is 0. The van der Waals surface area contributed by atoms with Gasteiger partial charge in [0.15, 0.2) is 17.6 Å². The van der Waals surface area contributed by atoms with Crippen LogP contribution in [0, 0.1) is 0 Å². The van der Waals surface area contributed by atoms with Gasteiger partial charge in [-0.1, -0.05) is 18.2 Å². The molecule has 0 heterocycles. The monoisotopic (exact) mass is 348 g/mol. The summed E-state index contributed by atoms with van der Waals surface area (Å²) in [7, 11) is 1.52. The third-order valence-corrected chi connectivity index (χ3v) is 3.90.